The van der Waals surface area contributed by atoms with Crippen LogP contribution in [-0.4, -0.2) is 12.0 Å². The highest BCUT2D eigenvalue weighted by atomic mass is 79.9. The third-order valence-corrected chi connectivity index (χ3v) is 4.07. The molecule has 19 heavy (non-hydrogen) atoms. The maximum Gasteiger partial charge on any atom is 0.131 e. The van der Waals surface area contributed by atoms with E-state index in [0.717, 1.165) is 26.4 Å². The number of nitrogens with zero attached hydrogens (tertiary/aromatic N) is 2. The summed E-state index contributed by atoms with van der Waals surface area (Å²) in [5.41, 5.74) is 2.24. The Kier molecular flexibility index (Phi) is 4.48. The number of halogens is 2. The Morgan fingerprint density at radius 1 is 1.32 bits per heavy atom. The Bertz CT molecular complexity index is 586. The van der Waals surface area contributed by atoms with Gasteiger partial charge in [0.1, 0.15) is 5.82 Å². The van der Waals surface area contributed by atoms with Crippen molar-refractivity contribution in [2.75, 3.05) is 11.9 Å². The molecule has 0 aliphatic heterocycles. The SMILES string of the molecule is Cc1cc(Br)cnc1N(C)C(C)c1ccccc1Cl. The fourth-order valence-electron chi connectivity index (χ4n) is 2.11. The van der Waals surface area contributed by atoms with Crippen LogP contribution >= 0.6 is 27.5 Å². The number of hydrogen-bond acceptors (Lipinski definition) is 2. The van der Waals surface area contributed by atoms with E-state index in [0.29, 0.717) is 0 Å². The second-order valence-corrected chi connectivity index (χ2v) is 5.93. The summed E-state index contributed by atoms with van der Waals surface area (Å²) in [6, 6.07) is 10.2. The quantitative estimate of drug-likeness (QED) is 0.782. The van der Waals surface area contributed by atoms with Gasteiger partial charge in [0.15, 0.2) is 0 Å². The van der Waals surface area contributed by atoms with Gasteiger partial charge in [-0.25, -0.2) is 4.98 Å². The molecule has 0 fully saturated rings. The van der Waals surface area contributed by atoms with Gasteiger partial charge >= 0.3 is 0 Å². The summed E-state index contributed by atoms with van der Waals surface area (Å²) in [5.74, 6) is 0.968. The van der Waals surface area contributed by atoms with Gasteiger partial charge in [-0.15, -0.1) is 0 Å². The summed E-state index contributed by atoms with van der Waals surface area (Å²) in [5, 5.41) is 0.789. The zero-order valence-electron chi connectivity index (χ0n) is 11.2. The molecule has 2 rings (SSSR count). The highest BCUT2D eigenvalue weighted by Crippen LogP contribution is 2.30. The monoisotopic (exact) mass is 338 g/mol. The molecule has 1 atom stereocenters. The van der Waals surface area contributed by atoms with Crippen molar-refractivity contribution in [2.45, 2.75) is 19.9 Å². The molecule has 0 aliphatic rings. The first-order valence-electron chi connectivity index (χ1n) is 6.10. The van der Waals surface area contributed by atoms with E-state index >= 15 is 0 Å². The van der Waals surface area contributed by atoms with Crippen molar-refractivity contribution in [2.24, 2.45) is 0 Å². The molecule has 2 nitrogen and oxygen atoms in total. The molecule has 1 heterocycles. The van der Waals surface area contributed by atoms with Crippen LogP contribution in [-0.2, 0) is 0 Å². The molecule has 4 heteroatoms. The van der Waals surface area contributed by atoms with E-state index in [9.17, 15) is 0 Å². The Morgan fingerprint density at radius 2 is 2.00 bits per heavy atom. The van der Waals surface area contributed by atoms with Crippen LogP contribution in [0.1, 0.15) is 24.1 Å². The lowest BCUT2D eigenvalue weighted by molar-refractivity contribution is 0.726. The molecule has 1 aromatic heterocycles. The van der Waals surface area contributed by atoms with E-state index in [-0.39, 0.29) is 6.04 Å². The van der Waals surface area contributed by atoms with Gasteiger partial charge in [-0.1, -0.05) is 29.8 Å². The van der Waals surface area contributed by atoms with Gasteiger partial charge in [-0.05, 0) is 53.0 Å². The normalized spacial score (nSPS) is 12.3. The summed E-state index contributed by atoms with van der Waals surface area (Å²) in [6.45, 7) is 4.19. The minimum absolute atomic E-state index is 0.168. The van der Waals surface area contributed by atoms with Gasteiger partial charge in [0.2, 0.25) is 0 Å². The lowest BCUT2D eigenvalue weighted by atomic mass is 10.1. The number of benzene rings is 1. The Hall–Kier alpha value is -1.06. The summed E-state index contributed by atoms with van der Waals surface area (Å²) in [6.07, 6.45) is 1.82. The molecule has 100 valence electrons. The van der Waals surface area contributed by atoms with Crippen molar-refractivity contribution in [1.82, 2.24) is 4.98 Å². The van der Waals surface area contributed by atoms with Gasteiger partial charge in [0.05, 0.1) is 6.04 Å². The van der Waals surface area contributed by atoms with Gasteiger partial charge in [0, 0.05) is 22.7 Å². The van der Waals surface area contributed by atoms with Crippen molar-refractivity contribution in [3.8, 4) is 0 Å². The second kappa shape index (κ2) is 5.93. The van der Waals surface area contributed by atoms with Gasteiger partial charge < -0.3 is 4.90 Å². The lowest BCUT2D eigenvalue weighted by Crippen LogP contribution is -2.23. The number of pyridine rings is 1. The average Bonchev–Trinajstić information content (AvgIpc) is 2.38. The molecule has 0 N–H and O–H groups in total. The van der Waals surface area contributed by atoms with Crippen molar-refractivity contribution in [3.05, 3.63) is 57.2 Å². The molecule has 0 amide bonds. The van der Waals surface area contributed by atoms with Gasteiger partial charge in [-0.2, -0.15) is 0 Å². The van der Waals surface area contributed by atoms with Crippen molar-refractivity contribution in [3.63, 3.8) is 0 Å². The minimum atomic E-state index is 0.168. The number of hydrogen-bond donors (Lipinski definition) is 0. The van der Waals surface area contributed by atoms with Crippen LogP contribution < -0.4 is 4.90 Å². The first-order chi connectivity index (χ1) is 9.00. The summed E-state index contributed by atoms with van der Waals surface area (Å²) in [7, 11) is 2.04. The van der Waals surface area contributed by atoms with E-state index in [1.807, 2.05) is 31.4 Å². The van der Waals surface area contributed by atoms with E-state index in [1.54, 1.807) is 0 Å². The van der Waals surface area contributed by atoms with Crippen LogP contribution in [0.3, 0.4) is 0 Å². The third-order valence-electron chi connectivity index (χ3n) is 3.29. The molecule has 0 spiro atoms. The predicted octanol–water partition coefficient (Wildman–Crippen LogP) is 5.00. The Morgan fingerprint density at radius 3 is 2.63 bits per heavy atom. The van der Waals surface area contributed by atoms with Crippen LogP contribution in [0, 0.1) is 6.92 Å². The zero-order valence-corrected chi connectivity index (χ0v) is 13.5. The summed E-state index contributed by atoms with van der Waals surface area (Å²) in [4.78, 5) is 6.63. The highest BCUT2D eigenvalue weighted by molar-refractivity contribution is 9.10. The highest BCUT2D eigenvalue weighted by Gasteiger charge is 2.17. The maximum atomic E-state index is 6.26. The molecule has 1 unspecified atom stereocenters. The molecule has 2 aromatic rings. The Balaban J connectivity index is 2.33. The van der Waals surface area contributed by atoms with Crippen LogP contribution in [0.4, 0.5) is 5.82 Å². The third kappa shape index (κ3) is 3.10. The first kappa shape index (κ1) is 14.4. The lowest BCUT2D eigenvalue weighted by Gasteiger charge is -2.28. The van der Waals surface area contributed by atoms with Crippen LogP contribution in [0.25, 0.3) is 0 Å². The largest absolute Gasteiger partial charge is 0.353 e. The van der Waals surface area contributed by atoms with Crippen molar-refractivity contribution in [1.29, 1.82) is 0 Å². The van der Waals surface area contributed by atoms with Crippen LogP contribution in [0.15, 0.2) is 41.0 Å². The maximum absolute atomic E-state index is 6.26. The number of anilines is 1. The second-order valence-electron chi connectivity index (χ2n) is 4.60. The predicted molar refractivity (Wildman–Crippen MR) is 84.9 cm³/mol. The molecule has 0 saturated heterocycles. The zero-order chi connectivity index (χ0) is 14.0. The molecule has 0 radical (unpaired) electrons. The summed E-state index contributed by atoms with van der Waals surface area (Å²) >= 11 is 9.70. The molecular weight excluding hydrogens is 324 g/mol. The van der Waals surface area contributed by atoms with Crippen LogP contribution in [0.5, 0.6) is 0 Å². The number of rotatable bonds is 3. The van der Waals surface area contributed by atoms with E-state index < -0.39 is 0 Å². The topological polar surface area (TPSA) is 16.1 Å². The smallest absolute Gasteiger partial charge is 0.131 e. The molecule has 0 saturated carbocycles. The number of aryl methyl sites for hydroxylation is 1. The number of aromatic nitrogens is 1. The van der Waals surface area contributed by atoms with E-state index in [2.05, 4.69) is 51.8 Å². The van der Waals surface area contributed by atoms with E-state index in [1.165, 1.54) is 0 Å². The van der Waals surface area contributed by atoms with Gasteiger partial charge in [0.25, 0.3) is 0 Å². The summed E-state index contributed by atoms with van der Waals surface area (Å²) < 4.78 is 0.993. The molecular formula is C15H16BrClN2. The van der Waals surface area contributed by atoms with Crippen molar-refractivity contribution >= 4 is 33.3 Å². The van der Waals surface area contributed by atoms with Crippen molar-refractivity contribution < 1.29 is 0 Å². The fourth-order valence-corrected chi connectivity index (χ4v) is 2.85. The minimum Gasteiger partial charge on any atom is -0.353 e. The molecule has 0 bridgehead atoms. The average molecular weight is 340 g/mol. The standard InChI is InChI=1S/C15H16BrClN2/c1-10-8-12(16)9-18-15(10)19(3)11(2)13-6-4-5-7-14(13)17/h4-9,11H,1-3H3. The molecule has 0 aliphatic carbocycles. The first-order valence-corrected chi connectivity index (χ1v) is 7.27. The van der Waals surface area contributed by atoms with E-state index in [4.69, 9.17) is 11.6 Å². The fraction of sp³-hybridized carbons (Fsp3) is 0.267. The molecule has 1 aromatic carbocycles. The Labute approximate surface area is 127 Å². The van der Waals surface area contributed by atoms with Crippen LogP contribution in [0.2, 0.25) is 5.02 Å². The van der Waals surface area contributed by atoms with Gasteiger partial charge in [-0.3, -0.25) is 0 Å².